The highest BCUT2D eigenvalue weighted by Gasteiger charge is 2.37. The van der Waals surface area contributed by atoms with Crippen molar-refractivity contribution in [2.24, 2.45) is 0 Å². The lowest BCUT2D eigenvalue weighted by atomic mass is 9.63. The summed E-state index contributed by atoms with van der Waals surface area (Å²) in [7, 11) is 0. The van der Waals surface area contributed by atoms with Gasteiger partial charge in [0.15, 0.2) is 0 Å². The number of fused-ring (bicyclic) bond motifs is 1. The third-order valence-electron chi connectivity index (χ3n) is 5.63. The number of aromatic carboxylic acids is 1. The van der Waals surface area contributed by atoms with E-state index in [1.54, 1.807) is 30.3 Å². The number of anilines is 1. The van der Waals surface area contributed by atoms with Crippen molar-refractivity contribution in [2.75, 3.05) is 5.32 Å². The number of benzene rings is 2. The molecule has 2 aromatic rings. The van der Waals surface area contributed by atoms with Crippen molar-refractivity contribution in [3.63, 3.8) is 0 Å². The summed E-state index contributed by atoms with van der Waals surface area (Å²) in [4.78, 5) is 10.9. The molecule has 0 unspecified atom stereocenters. The number of halogens is 1. The van der Waals surface area contributed by atoms with Crippen LogP contribution in [0.1, 0.15) is 67.6 Å². The molecule has 4 heteroatoms. The molecule has 0 radical (unpaired) electrons. The van der Waals surface area contributed by atoms with Crippen molar-refractivity contribution < 1.29 is 14.3 Å². The molecule has 0 saturated carbocycles. The molecule has 2 aromatic carbocycles. The molecule has 0 saturated heterocycles. The average Bonchev–Trinajstić information content (AvgIpc) is 2.58. The normalized spacial score (nSPS) is 17.4. The summed E-state index contributed by atoms with van der Waals surface area (Å²) in [6, 6.07) is 10.2. The topological polar surface area (TPSA) is 49.3 Å². The minimum atomic E-state index is -0.956. The van der Waals surface area contributed by atoms with E-state index in [-0.39, 0.29) is 22.2 Å². The van der Waals surface area contributed by atoms with Gasteiger partial charge in [-0.3, -0.25) is 0 Å². The van der Waals surface area contributed by atoms with E-state index in [9.17, 15) is 9.18 Å². The molecule has 0 aromatic heterocycles. The van der Waals surface area contributed by atoms with Crippen molar-refractivity contribution >= 4 is 11.7 Å². The Labute approximate surface area is 154 Å². The predicted octanol–water partition coefficient (Wildman–Crippen LogP) is 5.49. The lowest BCUT2D eigenvalue weighted by molar-refractivity contribution is 0.0697. The third-order valence-corrected chi connectivity index (χ3v) is 5.63. The fraction of sp³-hybridized carbons (Fsp3) is 0.409. The Kier molecular flexibility index (Phi) is 4.55. The standard InChI is InChI=1S/C22H26FNO2/c1-21(2)9-10-22(3,4)18-12-19(23)15(11-17(18)21)13-24-16-7-5-14(6-8-16)20(25)26/h5-8,11-12,24H,9-10,13H2,1-4H3,(H,25,26). The number of hydrogen-bond acceptors (Lipinski definition) is 2. The monoisotopic (exact) mass is 355 g/mol. The molecule has 1 aliphatic rings. The Balaban J connectivity index is 1.86. The van der Waals surface area contributed by atoms with Crippen LogP contribution in [0.3, 0.4) is 0 Å². The fourth-order valence-corrected chi connectivity index (χ4v) is 3.70. The van der Waals surface area contributed by atoms with Gasteiger partial charge in [-0.05, 0) is 65.1 Å². The number of rotatable bonds is 4. The lowest BCUT2D eigenvalue weighted by Crippen LogP contribution is -2.34. The van der Waals surface area contributed by atoms with Crippen LogP contribution in [-0.2, 0) is 17.4 Å². The zero-order valence-electron chi connectivity index (χ0n) is 15.8. The first-order valence-corrected chi connectivity index (χ1v) is 9.01. The van der Waals surface area contributed by atoms with E-state index in [1.165, 1.54) is 5.56 Å². The van der Waals surface area contributed by atoms with Gasteiger partial charge in [-0.15, -0.1) is 0 Å². The van der Waals surface area contributed by atoms with E-state index in [0.29, 0.717) is 12.1 Å². The number of carbonyl (C=O) groups is 1. The lowest BCUT2D eigenvalue weighted by Gasteiger charge is -2.42. The molecule has 1 aliphatic carbocycles. The summed E-state index contributed by atoms with van der Waals surface area (Å²) in [5.74, 6) is -1.15. The Morgan fingerprint density at radius 3 is 2.12 bits per heavy atom. The van der Waals surface area contributed by atoms with Gasteiger partial charge in [0.2, 0.25) is 0 Å². The average molecular weight is 355 g/mol. The number of hydrogen-bond donors (Lipinski definition) is 2. The van der Waals surface area contributed by atoms with Gasteiger partial charge < -0.3 is 10.4 Å². The first-order valence-electron chi connectivity index (χ1n) is 9.01. The van der Waals surface area contributed by atoms with E-state index < -0.39 is 5.97 Å². The highest BCUT2D eigenvalue weighted by Crippen LogP contribution is 2.46. The van der Waals surface area contributed by atoms with E-state index in [0.717, 1.165) is 24.1 Å². The number of carboxylic acid groups (broad SMARTS) is 1. The molecule has 138 valence electrons. The molecule has 3 nitrogen and oxygen atoms in total. The van der Waals surface area contributed by atoms with Crippen LogP contribution in [0.4, 0.5) is 10.1 Å². The summed E-state index contributed by atoms with van der Waals surface area (Å²) < 4.78 is 14.7. The van der Waals surface area contributed by atoms with Gasteiger partial charge in [-0.1, -0.05) is 33.8 Å². The smallest absolute Gasteiger partial charge is 0.335 e. The SMILES string of the molecule is CC1(C)CCC(C)(C)c2cc(CNc3ccc(C(=O)O)cc3)c(F)cc21. The first kappa shape index (κ1) is 18.4. The second kappa shape index (κ2) is 6.42. The maximum absolute atomic E-state index is 14.7. The van der Waals surface area contributed by atoms with Crippen molar-refractivity contribution in [1.29, 1.82) is 0 Å². The zero-order chi connectivity index (χ0) is 19.1. The highest BCUT2D eigenvalue weighted by molar-refractivity contribution is 5.88. The largest absolute Gasteiger partial charge is 0.478 e. The maximum atomic E-state index is 14.7. The minimum absolute atomic E-state index is 0.00961. The quantitative estimate of drug-likeness (QED) is 0.763. The summed E-state index contributed by atoms with van der Waals surface area (Å²) >= 11 is 0. The summed E-state index contributed by atoms with van der Waals surface area (Å²) in [5.41, 5.74) is 4.01. The zero-order valence-corrected chi connectivity index (χ0v) is 15.8. The van der Waals surface area contributed by atoms with Crippen molar-refractivity contribution in [1.82, 2.24) is 0 Å². The second-order valence-corrected chi connectivity index (χ2v) is 8.49. The molecular formula is C22H26FNO2. The van der Waals surface area contributed by atoms with Crippen LogP contribution < -0.4 is 5.32 Å². The Morgan fingerprint density at radius 2 is 1.58 bits per heavy atom. The highest BCUT2D eigenvalue weighted by atomic mass is 19.1. The molecular weight excluding hydrogens is 329 g/mol. The van der Waals surface area contributed by atoms with Gasteiger partial charge in [-0.2, -0.15) is 0 Å². The van der Waals surface area contributed by atoms with Gasteiger partial charge >= 0.3 is 5.97 Å². The van der Waals surface area contributed by atoms with Crippen molar-refractivity contribution in [3.8, 4) is 0 Å². The molecule has 3 rings (SSSR count). The van der Waals surface area contributed by atoms with Crippen LogP contribution in [0.25, 0.3) is 0 Å². The van der Waals surface area contributed by atoms with Crippen molar-refractivity contribution in [2.45, 2.75) is 57.9 Å². The third kappa shape index (κ3) is 3.46. The Bertz CT molecular complexity index is 838. The summed E-state index contributed by atoms with van der Waals surface area (Å²) in [6.07, 6.45) is 2.14. The number of carboxylic acids is 1. The maximum Gasteiger partial charge on any atom is 0.335 e. The molecule has 0 atom stereocenters. The molecule has 0 fully saturated rings. The Morgan fingerprint density at radius 1 is 1.04 bits per heavy atom. The summed E-state index contributed by atoms with van der Waals surface area (Å²) in [5, 5.41) is 12.1. The predicted molar refractivity (Wildman–Crippen MR) is 102 cm³/mol. The van der Waals surface area contributed by atoms with E-state index >= 15 is 0 Å². The van der Waals surface area contributed by atoms with E-state index in [1.807, 2.05) is 6.07 Å². The van der Waals surface area contributed by atoms with Gasteiger partial charge in [-0.25, -0.2) is 9.18 Å². The second-order valence-electron chi connectivity index (χ2n) is 8.49. The van der Waals surface area contributed by atoms with Crippen molar-refractivity contribution in [3.05, 3.63) is 64.5 Å². The molecule has 2 N–H and O–H groups in total. The molecule has 0 spiro atoms. The van der Waals surface area contributed by atoms with Crippen LogP contribution in [-0.4, -0.2) is 11.1 Å². The van der Waals surface area contributed by atoms with Crippen LogP contribution in [0.5, 0.6) is 0 Å². The van der Waals surface area contributed by atoms with Gasteiger partial charge in [0.25, 0.3) is 0 Å². The Hall–Kier alpha value is -2.36. The van der Waals surface area contributed by atoms with Crippen LogP contribution in [0.2, 0.25) is 0 Å². The molecule has 0 aliphatic heterocycles. The van der Waals surface area contributed by atoms with Crippen LogP contribution in [0.15, 0.2) is 36.4 Å². The van der Waals surface area contributed by atoms with Crippen LogP contribution in [0, 0.1) is 5.82 Å². The fourth-order valence-electron chi connectivity index (χ4n) is 3.70. The number of nitrogens with one attached hydrogen (secondary N) is 1. The van der Waals surface area contributed by atoms with Gasteiger partial charge in [0, 0.05) is 17.8 Å². The van der Waals surface area contributed by atoms with E-state index in [2.05, 4.69) is 33.0 Å². The molecule has 26 heavy (non-hydrogen) atoms. The molecule has 0 bridgehead atoms. The molecule has 0 heterocycles. The van der Waals surface area contributed by atoms with Gasteiger partial charge in [0.1, 0.15) is 5.82 Å². The van der Waals surface area contributed by atoms with E-state index in [4.69, 9.17) is 5.11 Å². The van der Waals surface area contributed by atoms with Gasteiger partial charge in [0.05, 0.1) is 5.56 Å². The van der Waals surface area contributed by atoms with Crippen LogP contribution >= 0.6 is 0 Å². The minimum Gasteiger partial charge on any atom is -0.478 e. The summed E-state index contributed by atoms with van der Waals surface area (Å²) in [6.45, 7) is 9.18. The molecule has 0 amide bonds. The first-order chi connectivity index (χ1) is 12.1.